The molecule has 2 aromatic heterocycles. The van der Waals surface area contributed by atoms with Gasteiger partial charge in [-0.2, -0.15) is 0 Å². The minimum atomic E-state index is -0.580. The molecule has 154 valence electrons. The van der Waals surface area contributed by atoms with Crippen molar-refractivity contribution < 1.29 is 9.84 Å². The number of hydrogen-bond donors (Lipinski definition) is 2. The van der Waals surface area contributed by atoms with Crippen molar-refractivity contribution in [3.8, 4) is 0 Å². The molecule has 0 spiro atoms. The molecule has 0 saturated heterocycles. The van der Waals surface area contributed by atoms with Crippen molar-refractivity contribution in [2.45, 2.75) is 64.6 Å². The molecule has 1 unspecified atom stereocenters. The van der Waals surface area contributed by atoms with Crippen LogP contribution in [0.4, 0.5) is 0 Å². The lowest BCUT2D eigenvalue weighted by molar-refractivity contribution is 0.00880. The Labute approximate surface area is 170 Å². The third kappa shape index (κ3) is 5.08. The largest absolute Gasteiger partial charge is 0.389 e. The van der Waals surface area contributed by atoms with E-state index < -0.39 is 6.10 Å². The van der Waals surface area contributed by atoms with Crippen LogP contribution in [0.2, 0.25) is 0 Å². The number of aromatic amines is 1. The molecule has 0 radical (unpaired) electrons. The molecule has 1 fully saturated rings. The lowest BCUT2D eigenvalue weighted by Gasteiger charge is -2.35. The highest BCUT2D eigenvalue weighted by atomic mass is 32.1. The number of nitrogens with zero attached hydrogens (tertiary/aromatic N) is 2. The number of aromatic nitrogens is 2. The van der Waals surface area contributed by atoms with Gasteiger partial charge in [-0.15, -0.1) is 17.9 Å². The minimum absolute atomic E-state index is 0.0692. The molecule has 2 heterocycles. The molecular formula is C21H31N3O3S. The zero-order chi connectivity index (χ0) is 20.1. The Bertz CT molecular complexity index is 854. The Kier molecular flexibility index (Phi) is 7.40. The maximum absolute atomic E-state index is 12.6. The fourth-order valence-electron chi connectivity index (χ4n) is 3.97. The summed E-state index contributed by atoms with van der Waals surface area (Å²) in [5.74, 6) is 0.670. The molecule has 0 amide bonds. The number of fused-ring (bicyclic) bond motifs is 1. The summed E-state index contributed by atoms with van der Waals surface area (Å²) in [5.41, 5.74) is 0.944. The van der Waals surface area contributed by atoms with Crippen LogP contribution in [0.25, 0.3) is 10.2 Å². The first-order valence-corrected chi connectivity index (χ1v) is 10.9. The number of ether oxygens (including phenoxy) is 1. The quantitative estimate of drug-likeness (QED) is 0.494. The van der Waals surface area contributed by atoms with E-state index in [1.54, 1.807) is 17.4 Å². The molecule has 0 aliphatic heterocycles. The molecule has 7 heteroatoms. The van der Waals surface area contributed by atoms with Gasteiger partial charge in [0.2, 0.25) is 0 Å². The van der Waals surface area contributed by atoms with Crippen LogP contribution in [-0.2, 0) is 11.3 Å². The molecule has 1 atom stereocenters. The predicted molar refractivity (Wildman–Crippen MR) is 114 cm³/mol. The van der Waals surface area contributed by atoms with Gasteiger partial charge in [0, 0.05) is 17.5 Å². The van der Waals surface area contributed by atoms with E-state index in [1.165, 1.54) is 19.3 Å². The van der Waals surface area contributed by atoms with E-state index in [4.69, 9.17) is 9.72 Å². The molecular weight excluding hydrogens is 374 g/mol. The Morgan fingerprint density at radius 3 is 2.86 bits per heavy atom. The number of hydrogen-bond acceptors (Lipinski definition) is 6. The number of H-pyrrole nitrogens is 1. The Morgan fingerprint density at radius 1 is 1.39 bits per heavy atom. The average Bonchev–Trinajstić information content (AvgIpc) is 2.96. The van der Waals surface area contributed by atoms with Gasteiger partial charge in [0.25, 0.3) is 5.56 Å². The van der Waals surface area contributed by atoms with E-state index in [2.05, 4.69) is 16.5 Å². The second-order valence-electron chi connectivity index (χ2n) is 7.68. The Balaban J connectivity index is 1.79. The first-order valence-electron chi connectivity index (χ1n) is 10.1. The number of aliphatic hydroxyl groups is 1. The van der Waals surface area contributed by atoms with Crippen LogP contribution in [0.3, 0.4) is 0 Å². The molecule has 1 aliphatic rings. The number of aliphatic hydroxyl groups excluding tert-OH is 1. The maximum atomic E-state index is 12.6. The van der Waals surface area contributed by atoms with Crippen LogP contribution < -0.4 is 5.56 Å². The van der Waals surface area contributed by atoms with E-state index in [1.807, 2.05) is 13.8 Å². The summed E-state index contributed by atoms with van der Waals surface area (Å²) in [5, 5.41) is 11.1. The van der Waals surface area contributed by atoms with Gasteiger partial charge in [-0.05, 0) is 32.3 Å². The smallest absolute Gasteiger partial charge is 0.259 e. The summed E-state index contributed by atoms with van der Waals surface area (Å²) in [4.78, 5) is 24.5. The van der Waals surface area contributed by atoms with Crippen molar-refractivity contribution in [3.63, 3.8) is 0 Å². The van der Waals surface area contributed by atoms with Crippen molar-refractivity contribution in [3.05, 3.63) is 39.3 Å². The zero-order valence-corrected chi connectivity index (χ0v) is 17.7. The van der Waals surface area contributed by atoms with E-state index >= 15 is 0 Å². The zero-order valence-electron chi connectivity index (χ0n) is 16.9. The van der Waals surface area contributed by atoms with Gasteiger partial charge in [0.05, 0.1) is 31.2 Å². The van der Waals surface area contributed by atoms with E-state index in [0.717, 1.165) is 28.1 Å². The van der Waals surface area contributed by atoms with Crippen molar-refractivity contribution in [2.24, 2.45) is 0 Å². The molecule has 2 N–H and O–H groups in total. The first kappa shape index (κ1) is 21.2. The Hall–Kier alpha value is -1.54. The molecule has 3 rings (SSSR count). The topological polar surface area (TPSA) is 78.5 Å². The second kappa shape index (κ2) is 9.78. The number of thiophene rings is 1. The number of rotatable bonds is 9. The predicted octanol–water partition coefficient (Wildman–Crippen LogP) is 3.30. The second-order valence-corrected chi connectivity index (χ2v) is 8.88. The molecule has 6 nitrogen and oxygen atoms in total. The normalized spacial score (nSPS) is 16.7. The minimum Gasteiger partial charge on any atom is -0.389 e. The lowest BCUT2D eigenvalue weighted by Crippen LogP contribution is -2.43. The van der Waals surface area contributed by atoms with Crippen molar-refractivity contribution in [2.75, 3.05) is 19.8 Å². The van der Waals surface area contributed by atoms with Gasteiger partial charge in [0.1, 0.15) is 10.7 Å². The molecule has 1 aliphatic carbocycles. The van der Waals surface area contributed by atoms with Crippen LogP contribution in [0.5, 0.6) is 0 Å². The molecule has 0 bridgehead atoms. The number of nitrogens with one attached hydrogen (secondary N) is 1. The lowest BCUT2D eigenvalue weighted by atomic mass is 9.94. The standard InChI is InChI=1S/C21H31N3O3S/c1-4-10-27-13-17(25)11-24(16-8-6-5-7-9-16)12-18-22-20(26)19-14(2)15(3)28-21(19)23-18/h4,16-17,25H,1,5-13H2,2-3H3,(H,22,23,26). The highest BCUT2D eigenvalue weighted by Crippen LogP contribution is 2.27. The highest BCUT2D eigenvalue weighted by molar-refractivity contribution is 7.18. The first-order chi connectivity index (χ1) is 13.5. The van der Waals surface area contributed by atoms with Crippen molar-refractivity contribution >= 4 is 21.6 Å². The van der Waals surface area contributed by atoms with Gasteiger partial charge >= 0.3 is 0 Å². The van der Waals surface area contributed by atoms with Gasteiger partial charge in [-0.25, -0.2) is 4.98 Å². The maximum Gasteiger partial charge on any atom is 0.259 e. The fourth-order valence-corrected chi connectivity index (χ4v) is 5.02. The molecule has 2 aromatic rings. The average molecular weight is 406 g/mol. The van der Waals surface area contributed by atoms with Crippen LogP contribution in [0.15, 0.2) is 17.4 Å². The molecule has 1 saturated carbocycles. The highest BCUT2D eigenvalue weighted by Gasteiger charge is 2.24. The Morgan fingerprint density at radius 2 is 2.14 bits per heavy atom. The summed E-state index contributed by atoms with van der Waals surface area (Å²) in [6, 6.07) is 0.399. The number of aryl methyl sites for hydroxylation is 2. The third-order valence-electron chi connectivity index (χ3n) is 5.52. The van der Waals surface area contributed by atoms with Crippen LogP contribution in [0.1, 0.15) is 48.4 Å². The van der Waals surface area contributed by atoms with Gasteiger partial charge in [0.15, 0.2) is 0 Å². The molecule has 28 heavy (non-hydrogen) atoms. The fraction of sp³-hybridized carbons (Fsp3) is 0.619. The summed E-state index contributed by atoms with van der Waals surface area (Å²) < 4.78 is 5.41. The van der Waals surface area contributed by atoms with Crippen molar-refractivity contribution in [1.82, 2.24) is 14.9 Å². The SMILES string of the molecule is C=CCOCC(O)CN(Cc1nc2sc(C)c(C)c2c(=O)[nH]1)C1CCCCC1. The van der Waals surface area contributed by atoms with E-state index in [9.17, 15) is 9.90 Å². The van der Waals surface area contributed by atoms with Gasteiger partial charge < -0.3 is 14.8 Å². The summed E-state index contributed by atoms with van der Waals surface area (Å²) >= 11 is 1.57. The monoisotopic (exact) mass is 405 g/mol. The van der Waals surface area contributed by atoms with Gasteiger partial charge in [-0.1, -0.05) is 25.3 Å². The van der Waals surface area contributed by atoms with Crippen LogP contribution in [0, 0.1) is 13.8 Å². The molecule has 0 aromatic carbocycles. The van der Waals surface area contributed by atoms with Gasteiger partial charge in [-0.3, -0.25) is 9.69 Å². The summed E-state index contributed by atoms with van der Waals surface area (Å²) in [6.45, 7) is 9.38. The summed E-state index contributed by atoms with van der Waals surface area (Å²) in [6.07, 6.45) is 7.01. The van der Waals surface area contributed by atoms with Crippen LogP contribution >= 0.6 is 11.3 Å². The summed E-state index contributed by atoms with van der Waals surface area (Å²) in [7, 11) is 0. The third-order valence-corrected chi connectivity index (χ3v) is 6.62. The van der Waals surface area contributed by atoms with Crippen LogP contribution in [-0.4, -0.2) is 51.9 Å². The van der Waals surface area contributed by atoms with E-state index in [-0.39, 0.29) is 12.2 Å². The van der Waals surface area contributed by atoms with E-state index in [0.29, 0.717) is 36.9 Å². The van der Waals surface area contributed by atoms with Crippen molar-refractivity contribution in [1.29, 1.82) is 0 Å².